The summed E-state index contributed by atoms with van der Waals surface area (Å²) in [5.74, 6) is 0.624. The third kappa shape index (κ3) is 10.4. The summed E-state index contributed by atoms with van der Waals surface area (Å²) in [7, 11) is 1.56. The summed E-state index contributed by atoms with van der Waals surface area (Å²) in [6, 6.07) is 15.9. The molecule has 0 saturated heterocycles. The van der Waals surface area contributed by atoms with Crippen LogP contribution in [0.3, 0.4) is 0 Å². The van der Waals surface area contributed by atoms with Gasteiger partial charge >= 0.3 is 0 Å². The van der Waals surface area contributed by atoms with Crippen LogP contribution in [0.1, 0.15) is 23.3 Å². The fourth-order valence-corrected chi connectivity index (χ4v) is 3.86. The topological polar surface area (TPSA) is 86.6 Å². The predicted octanol–water partition coefficient (Wildman–Crippen LogP) is 10.4. The SMILES string of the molecule is COc1ccc(-c2nc(C(Cl)(Cl)Cl)nc(C(Cl)(Cl)Cl)n2)cc1.ClC(Cl)(Cl)c1nc(-c2ccccc2)nc(C(Cl)(Cl)Cl)n1. The quantitative estimate of drug-likeness (QED) is 0.190. The van der Waals surface area contributed by atoms with Gasteiger partial charge in [-0.25, -0.2) is 29.9 Å². The molecular weight excluding hydrogens is 802 g/mol. The van der Waals surface area contributed by atoms with Gasteiger partial charge in [-0.05, 0) is 24.3 Å². The molecule has 0 N–H and O–H groups in total. The van der Waals surface area contributed by atoms with Gasteiger partial charge in [-0.2, -0.15) is 0 Å². The van der Waals surface area contributed by atoms with E-state index in [4.69, 9.17) is 144 Å². The van der Waals surface area contributed by atoms with E-state index in [1.165, 1.54) is 0 Å². The molecule has 7 nitrogen and oxygen atoms in total. The van der Waals surface area contributed by atoms with Crippen molar-refractivity contribution in [3.8, 4) is 28.5 Å². The summed E-state index contributed by atoms with van der Waals surface area (Å²) in [6.45, 7) is 0. The highest BCUT2D eigenvalue weighted by molar-refractivity contribution is 6.68. The molecule has 0 unspecified atom stereocenters. The van der Waals surface area contributed by atoms with Crippen molar-refractivity contribution in [2.24, 2.45) is 0 Å². The first-order chi connectivity index (χ1) is 19.3. The van der Waals surface area contributed by atoms with Gasteiger partial charge in [0.15, 0.2) is 34.9 Å². The van der Waals surface area contributed by atoms with Crippen LogP contribution in [0.15, 0.2) is 54.6 Å². The van der Waals surface area contributed by atoms with Gasteiger partial charge in [0.25, 0.3) is 0 Å². The Labute approximate surface area is 300 Å². The van der Waals surface area contributed by atoms with Crippen molar-refractivity contribution >= 4 is 139 Å². The van der Waals surface area contributed by atoms with Crippen molar-refractivity contribution in [3.63, 3.8) is 0 Å². The molecule has 0 aliphatic rings. The second kappa shape index (κ2) is 14.4. The van der Waals surface area contributed by atoms with E-state index in [2.05, 4.69) is 29.9 Å². The number of ether oxygens (including phenoxy) is 1. The molecule has 0 atom stereocenters. The van der Waals surface area contributed by atoms with Crippen molar-refractivity contribution in [2.75, 3.05) is 7.11 Å². The summed E-state index contributed by atoms with van der Waals surface area (Å²) in [4.78, 5) is 24.2. The normalized spacial score (nSPS) is 12.4. The summed E-state index contributed by atoms with van der Waals surface area (Å²) in [5.41, 5.74) is 1.30. The number of nitrogens with zero attached hydrogens (tertiary/aromatic N) is 6. The van der Waals surface area contributed by atoms with E-state index in [0.717, 1.165) is 0 Å². The second-order valence-corrected chi connectivity index (χ2v) is 16.8. The summed E-state index contributed by atoms with van der Waals surface area (Å²) >= 11 is 69.6. The molecule has 0 saturated carbocycles. The van der Waals surface area contributed by atoms with Gasteiger partial charge in [0.1, 0.15) is 5.75 Å². The van der Waals surface area contributed by atoms with Crippen LogP contribution < -0.4 is 4.74 Å². The molecule has 4 aromatic rings. The molecule has 4 rings (SSSR count). The van der Waals surface area contributed by atoms with Crippen molar-refractivity contribution in [1.82, 2.24) is 29.9 Å². The van der Waals surface area contributed by atoms with E-state index in [9.17, 15) is 0 Å². The molecule has 0 aliphatic carbocycles. The maximum absolute atomic E-state index is 5.82. The first-order valence-corrected chi connectivity index (χ1v) is 15.3. The van der Waals surface area contributed by atoms with E-state index in [-0.39, 0.29) is 34.9 Å². The highest BCUT2D eigenvalue weighted by Crippen LogP contribution is 2.42. The molecule has 0 radical (unpaired) electrons. The molecule has 2 heterocycles. The first kappa shape index (κ1) is 36.2. The molecule has 224 valence electrons. The van der Waals surface area contributed by atoms with E-state index >= 15 is 0 Å². The smallest absolute Gasteiger partial charge is 0.250 e. The number of benzene rings is 2. The largest absolute Gasteiger partial charge is 0.497 e. The summed E-state index contributed by atoms with van der Waals surface area (Å²) < 4.78 is -2.38. The Morgan fingerprint density at radius 2 is 0.738 bits per heavy atom. The average molecular weight is 814 g/mol. The molecule has 0 fully saturated rings. The van der Waals surface area contributed by atoms with E-state index < -0.39 is 15.2 Å². The number of halogens is 12. The molecule has 0 spiro atoms. The van der Waals surface area contributed by atoms with Crippen LogP contribution in [0.25, 0.3) is 22.8 Å². The molecule has 0 bridgehead atoms. The lowest BCUT2D eigenvalue weighted by molar-refractivity contribution is 0.415. The van der Waals surface area contributed by atoms with Crippen molar-refractivity contribution in [2.45, 2.75) is 15.2 Å². The fourth-order valence-electron chi connectivity index (χ4n) is 2.84. The minimum Gasteiger partial charge on any atom is -0.497 e. The molecule has 0 amide bonds. The van der Waals surface area contributed by atoms with Crippen LogP contribution in [0.2, 0.25) is 0 Å². The van der Waals surface area contributed by atoms with E-state index in [0.29, 0.717) is 16.9 Å². The highest BCUT2D eigenvalue weighted by Gasteiger charge is 2.35. The molecule has 2 aromatic heterocycles. The molecule has 2 aromatic carbocycles. The van der Waals surface area contributed by atoms with Crippen LogP contribution in [-0.4, -0.2) is 37.0 Å². The van der Waals surface area contributed by atoms with Gasteiger partial charge in [0, 0.05) is 11.1 Å². The van der Waals surface area contributed by atoms with Gasteiger partial charge in [-0.15, -0.1) is 0 Å². The number of hydrogen-bond acceptors (Lipinski definition) is 7. The van der Waals surface area contributed by atoms with Crippen molar-refractivity contribution in [3.05, 3.63) is 77.9 Å². The predicted molar refractivity (Wildman–Crippen MR) is 174 cm³/mol. The third-order valence-corrected chi connectivity index (χ3v) is 6.69. The number of rotatable bonds is 3. The Kier molecular flexibility index (Phi) is 12.5. The van der Waals surface area contributed by atoms with Crippen LogP contribution in [0.5, 0.6) is 5.75 Å². The first-order valence-electron chi connectivity index (χ1n) is 10.8. The van der Waals surface area contributed by atoms with Crippen molar-refractivity contribution in [1.29, 1.82) is 0 Å². The molecular formula is C23H12Cl12N6O. The zero-order valence-electron chi connectivity index (χ0n) is 20.3. The number of alkyl halides is 12. The van der Waals surface area contributed by atoms with Gasteiger partial charge in [0.05, 0.1) is 7.11 Å². The number of aromatic nitrogens is 6. The lowest BCUT2D eigenvalue weighted by atomic mass is 10.2. The lowest BCUT2D eigenvalue weighted by Gasteiger charge is -2.15. The number of hydrogen-bond donors (Lipinski definition) is 0. The van der Waals surface area contributed by atoms with E-state index in [1.54, 1.807) is 43.5 Å². The third-order valence-electron chi connectivity index (χ3n) is 4.67. The minimum atomic E-state index is -1.88. The maximum atomic E-state index is 5.82. The van der Waals surface area contributed by atoms with Crippen LogP contribution in [0, 0.1) is 0 Å². The number of methoxy groups -OCH3 is 1. The van der Waals surface area contributed by atoms with Crippen LogP contribution in [0.4, 0.5) is 0 Å². The Morgan fingerprint density at radius 1 is 0.429 bits per heavy atom. The lowest BCUT2D eigenvalue weighted by Crippen LogP contribution is -2.16. The zero-order chi connectivity index (χ0) is 31.5. The van der Waals surface area contributed by atoms with Gasteiger partial charge < -0.3 is 4.74 Å². The average Bonchev–Trinajstić information content (AvgIpc) is 2.91. The monoisotopic (exact) mass is 808 g/mol. The minimum absolute atomic E-state index is 0.113. The fraction of sp³-hybridized carbons (Fsp3) is 0.217. The summed E-state index contributed by atoms with van der Waals surface area (Å²) in [6.07, 6.45) is 0. The van der Waals surface area contributed by atoms with Crippen LogP contribution >= 0.6 is 139 Å². The highest BCUT2D eigenvalue weighted by atomic mass is 35.6. The van der Waals surface area contributed by atoms with E-state index in [1.807, 2.05) is 18.2 Å². The Morgan fingerprint density at radius 3 is 1.02 bits per heavy atom. The molecule has 19 heteroatoms. The summed E-state index contributed by atoms with van der Waals surface area (Å²) in [5, 5.41) is 0. The standard InChI is InChI=1S/C12H7Cl6N3O.C11H5Cl6N3/c1-22-7-4-2-6(3-5-7)8-19-9(11(13,14)15)21-10(20-8)12(16,17)18;12-10(13,14)8-18-7(6-4-2-1-3-5-6)19-9(20-8)11(15,16)17/h2-5H,1H3;1-5H. The van der Waals surface area contributed by atoms with Crippen LogP contribution in [-0.2, 0) is 15.2 Å². The molecule has 0 aliphatic heterocycles. The Bertz CT molecular complexity index is 1440. The van der Waals surface area contributed by atoms with Gasteiger partial charge in [-0.3, -0.25) is 0 Å². The molecule has 42 heavy (non-hydrogen) atoms. The maximum Gasteiger partial charge on any atom is 0.250 e. The Balaban J connectivity index is 0.000000231. The van der Waals surface area contributed by atoms with Gasteiger partial charge in [-0.1, -0.05) is 170 Å². The zero-order valence-corrected chi connectivity index (χ0v) is 29.4. The second-order valence-electron chi connectivity index (χ2n) is 7.70. The van der Waals surface area contributed by atoms with Crippen molar-refractivity contribution < 1.29 is 4.74 Å². The van der Waals surface area contributed by atoms with Gasteiger partial charge in [0.2, 0.25) is 15.2 Å². The Hall–Kier alpha value is -0.260.